The number of carbonyl (C=O) groups excluding carboxylic acids is 1. The van der Waals surface area contributed by atoms with Gasteiger partial charge in [-0.1, -0.05) is 5.16 Å². The average Bonchev–Trinajstić information content (AvgIpc) is 3.30. The number of carbonyl (C=O) groups is 1. The number of nitrogens with zero attached hydrogens (tertiary/aromatic N) is 5. The second-order valence-electron chi connectivity index (χ2n) is 6.07. The monoisotopic (exact) mass is 366 g/mol. The van der Waals surface area contributed by atoms with E-state index in [1.54, 1.807) is 48.8 Å². The van der Waals surface area contributed by atoms with Gasteiger partial charge >= 0.3 is 0 Å². The second kappa shape index (κ2) is 6.60. The maximum atomic E-state index is 13.3. The lowest BCUT2D eigenvalue weighted by molar-refractivity contribution is 0.0932. The van der Waals surface area contributed by atoms with Crippen LogP contribution >= 0.6 is 0 Å². The maximum Gasteiger partial charge on any atom is 0.252 e. The lowest BCUT2D eigenvalue weighted by atomic mass is 10.1. The number of nitrogens with one attached hydrogen (secondary N) is 1. The van der Waals surface area contributed by atoms with Crippen molar-refractivity contribution in [2.24, 2.45) is 0 Å². The van der Waals surface area contributed by atoms with Crippen LogP contribution in [0.2, 0.25) is 0 Å². The third kappa shape index (κ3) is 3.26. The van der Waals surface area contributed by atoms with Crippen molar-refractivity contribution in [1.82, 2.24) is 30.1 Å². The summed E-state index contributed by atoms with van der Waals surface area (Å²) in [7, 11) is 0. The van der Waals surface area contributed by atoms with Crippen molar-refractivity contribution >= 4 is 11.6 Å². The molecule has 0 unspecified atom stereocenters. The Morgan fingerprint density at radius 3 is 2.74 bits per heavy atom. The van der Waals surface area contributed by atoms with Crippen molar-refractivity contribution in [2.45, 2.75) is 19.9 Å². The van der Waals surface area contributed by atoms with Gasteiger partial charge in [0.1, 0.15) is 18.2 Å². The fourth-order valence-corrected chi connectivity index (χ4v) is 2.73. The van der Waals surface area contributed by atoms with Crippen LogP contribution in [0.3, 0.4) is 0 Å². The van der Waals surface area contributed by atoms with Crippen LogP contribution in [-0.2, 0) is 0 Å². The Bertz CT molecular complexity index is 1120. The van der Waals surface area contributed by atoms with E-state index in [2.05, 4.69) is 25.7 Å². The molecule has 0 saturated carbocycles. The molecule has 0 fully saturated rings. The standard InChI is InChI=1S/C18H15FN6O2/c1-10(18-22-11(2)24-27-18)21-17(26)13-7-15(12-3-5-14(19)6-4-12)25-9-20-23-16(25)8-13/h3-10H,1-2H3,(H,21,26)/t10-/m1/s1. The summed E-state index contributed by atoms with van der Waals surface area (Å²) in [5.41, 5.74) is 2.29. The van der Waals surface area contributed by atoms with E-state index in [1.165, 1.54) is 12.1 Å². The summed E-state index contributed by atoms with van der Waals surface area (Å²) >= 11 is 0. The zero-order valence-electron chi connectivity index (χ0n) is 14.5. The number of aromatic nitrogens is 5. The van der Waals surface area contributed by atoms with Crippen LogP contribution in [0.15, 0.2) is 47.2 Å². The van der Waals surface area contributed by atoms with Gasteiger partial charge in [-0.2, -0.15) is 4.98 Å². The minimum atomic E-state index is -0.456. The Morgan fingerprint density at radius 1 is 1.26 bits per heavy atom. The number of hydrogen-bond acceptors (Lipinski definition) is 6. The van der Waals surface area contributed by atoms with Gasteiger partial charge in [-0.25, -0.2) is 4.39 Å². The summed E-state index contributed by atoms with van der Waals surface area (Å²) in [4.78, 5) is 16.8. The van der Waals surface area contributed by atoms with Crippen LogP contribution in [0.5, 0.6) is 0 Å². The summed E-state index contributed by atoms with van der Waals surface area (Å²) in [6.45, 7) is 3.46. The third-order valence-electron chi connectivity index (χ3n) is 4.07. The molecular weight excluding hydrogens is 351 g/mol. The van der Waals surface area contributed by atoms with Crippen LogP contribution in [0.25, 0.3) is 16.9 Å². The molecule has 0 radical (unpaired) electrons. The van der Waals surface area contributed by atoms with Crippen LogP contribution < -0.4 is 5.32 Å². The van der Waals surface area contributed by atoms with Gasteiger partial charge in [0.2, 0.25) is 5.89 Å². The molecule has 3 heterocycles. The van der Waals surface area contributed by atoms with Crippen LogP contribution in [0.1, 0.15) is 35.0 Å². The first kappa shape index (κ1) is 16.8. The highest BCUT2D eigenvalue weighted by Gasteiger charge is 2.18. The molecule has 9 heteroatoms. The van der Waals surface area contributed by atoms with Gasteiger partial charge < -0.3 is 9.84 Å². The average molecular weight is 366 g/mol. The largest absolute Gasteiger partial charge is 0.341 e. The van der Waals surface area contributed by atoms with E-state index in [-0.39, 0.29) is 11.7 Å². The first-order valence-electron chi connectivity index (χ1n) is 8.22. The van der Waals surface area contributed by atoms with Crippen molar-refractivity contribution in [1.29, 1.82) is 0 Å². The normalized spacial score (nSPS) is 12.3. The highest BCUT2D eigenvalue weighted by atomic mass is 19.1. The van der Waals surface area contributed by atoms with Gasteiger partial charge in [-0.3, -0.25) is 9.20 Å². The summed E-state index contributed by atoms with van der Waals surface area (Å²) < 4.78 is 20.1. The Hall–Kier alpha value is -3.62. The summed E-state index contributed by atoms with van der Waals surface area (Å²) in [5.74, 6) is 0.154. The minimum absolute atomic E-state index is 0.322. The van der Waals surface area contributed by atoms with Crippen molar-refractivity contribution in [2.75, 3.05) is 0 Å². The van der Waals surface area contributed by atoms with E-state index in [0.29, 0.717) is 28.6 Å². The molecular formula is C18H15FN6O2. The van der Waals surface area contributed by atoms with Crippen LogP contribution in [0, 0.1) is 12.7 Å². The Labute approximate surface area is 153 Å². The molecule has 4 rings (SSSR count). The molecule has 1 N–H and O–H groups in total. The maximum absolute atomic E-state index is 13.3. The van der Waals surface area contributed by atoms with Gasteiger partial charge in [0.05, 0.1) is 5.69 Å². The van der Waals surface area contributed by atoms with E-state index >= 15 is 0 Å². The molecule has 0 saturated heterocycles. The Kier molecular flexibility index (Phi) is 4.11. The smallest absolute Gasteiger partial charge is 0.252 e. The third-order valence-corrected chi connectivity index (χ3v) is 4.07. The number of fused-ring (bicyclic) bond motifs is 1. The number of rotatable bonds is 4. The number of amides is 1. The molecule has 3 aromatic heterocycles. The van der Waals surface area contributed by atoms with Crippen LogP contribution in [0.4, 0.5) is 4.39 Å². The Balaban J connectivity index is 1.69. The Morgan fingerprint density at radius 2 is 2.04 bits per heavy atom. The van der Waals surface area contributed by atoms with Crippen molar-refractivity contribution in [3.8, 4) is 11.3 Å². The van der Waals surface area contributed by atoms with Gasteiger partial charge in [-0.05, 0) is 55.8 Å². The molecule has 8 nitrogen and oxygen atoms in total. The number of hydrogen-bond donors (Lipinski definition) is 1. The zero-order valence-corrected chi connectivity index (χ0v) is 14.5. The van der Waals surface area contributed by atoms with E-state index in [9.17, 15) is 9.18 Å². The minimum Gasteiger partial charge on any atom is -0.341 e. The van der Waals surface area contributed by atoms with Gasteiger partial charge in [0, 0.05) is 5.56 Å². The highest BCUT2D eigenvalue weighted by molar-refractivity contribution is 5.96. The van der Waals surface area contributed by atoms with E-state index < -0.39 is 6.04 Å². The molecule has 0 bridgehead atoms. The lowest BCUT2D eigenvalue weighted by Crippen LogP contribution is -2.27. The SMILES string of the molecule is Cc1noc([C@@H](C)NC(=O)c2cc(-c3ccc(F)cc3)n3cnnc3c2)n1. The van der Waals surface area contributed by atoms with Crippen LogP contribution in [-0.4, -0.2) is 30.6 Å². The van der Waals surface area contributed by atoms with Crippen molar-refractivity contribution in [3.05, 3.63) is 65.8 Å². The molecule has 1 atom stereocenters. The van der Waals surface area contributed by atoms with Gasteiger partial charge in [0.15, 0.2) is 11.5 Å². The fourth-order valence-electron chi connectivity index (χ4n) is 2.73. The molecule has 0 aliphatic rings. The molecule has 27 heavy (non-hydrogen) atoms. The van der Waals surface area contributed by atoms with E-state index in [4.69, 9.17) is 4.52 Å². The first-order chi connectivity index (χ1) is 13.0. The number of benzene rings is 1. The van der Waals surface area contributed by atoms with Gasteiger partial charge in [-0.15, -0.1) is 10.2 Å². The summed E-state index contributed by atoms with van der Waals surface area (Å²) in [6, 6.07) is 8.86. The highest BCUT2D eigenvalue weighted by Crippen LogP contribution is 2.23. The molecule has 4 aromatic rings. The zero-order chi connectivity index (χ0) is 19.0. The molecule has 0 spiro atoms. The number of aryl methyl sites for hydroxylation is 1. The predicted octanol–water partition coefficient (Wildman–Crippen LogP) is 2.72. The van der Waals surface area contributed by atoms with E-state index in [0.717, 1.165) is 5.56 Å². The molecule has 1 amide bonds. The first-order valence-corrected chi connectivity index (χ1v) is 8.22. The quantitative estimate of drug-likeness (QED) is 0.596. The van der Waals surface area contributed by atoms with Crippen molar-refractivity contribution < 1.29 is 13.7 Å². The molecule has 0 aliphatic heterocycles. The number of halogens is 1. The second-order valence-corrected chi connectivity index (χ2v) is 6.07. The molecule has 0 aliphatic carbocycles. The van der Waals surface area contributed by atoms with E-state index in [1.807, 2.05) is 0 Å². The summed E-state index contributed by atoms with van der Waals surface area (Å²) in [6.07, 6.45) is 1.54. The lowest BCUT2D eigenvalue weighted by Gasteiger charge is -2.12. The topological polar surface area (TPSA) is 98.2 Å². The summed E-state index contributed by atoms with van der Waals surface area (Å²) in [5, 5.41) is 14.5. The molecule has 136 valence electrons. The fraction of sp³-hybridized carbons (Fsp3) is 0.167. The van der Waals surface area contributed by atoms with Crippen molar-refractivity contribution in [3.63, 3.8) is 0 Å². The predicted molar refractivity (Wildman–Crippen MR) is 93.3 cm³/mol. The number of pyridine rings is 1. The van der Waals surface area contributed by atoms with Gasteiger partial charge in [0.25, 0.3) is 5.91 Å². The molecule has 1 aromatic carbocycles.